The van der Waals surface area contributed by atoms with Gasteiger partial charge in [0, 0.05) is 41.8 Å². The number of pyridine rings is 4. The van der Waals surface area contributed by atoms with Crippen LogP contribution in [0.5, 0.6) is 0 Å². The number of fused-ring (bicyclic) bond motifs is 6. The summed E-state index contributed by atoms with van der Waals surface area (Å²) in [5.41, 5.74) is 2.42. The summed E-state index contributed by atoms with van der Waals surface area (Å²) in [4.78, 5) is 0. The smallest absolute Gasteiger partial charge is 0.167 e. The van der Waals surface area contributed by atoms with Crippen molar-refractivity contribution in [1.29, 1.82) is 0 Å². The largest absolute Gasteiger partial charge is 0.211 e. The molecule has 0 aliphatic rings. The van der Waals surface area contributed by atoms with Crippen LogP contribution in [0.1, 0.15) is 0 Å². The maximum absolute atomic E-state index is 2.32. The first-order valence-corrected chi connectivity index (χ1v) is 8.85. The average molecular weight is 332 g/mol. The first kappa shape index (κ1) is 13.7. The van der Waals surface area contributed by atoms with Crippen molar-refractivity contribution in [1.82, 2.24) is 0 Å². The average Bonchev–Trinajstić information content (AvgIpc) is 2.69. The third-order valence-corrected chi connectivity index (χ3v) is 5.30. The fraction of sp³-hybridized carbons (Fsp3) is 0. The van der Waals surface area contributed by atoms with Crippen LogP contribution in [0.3, 0.4) is 0 Å². The molecule has 0 saturated heterocycles. The molecule has 0 amide bonds. The van der Waals surface area contributed by atoms with Crippen LogP contribution in [0.15, 0.2) is 97.6 Å². The number of rotatable bonds is 0. The predicted molar refractivity (Wildman–Crippen MR) is 105 cm³/mol. The van der Waals surface area contributed by atoms with Crippen LogP contribution in [-0.4, -0.2) is 0 Å². The van der Waals surface area contributed by atoms with E-state index >= 15 is 0 Å². The van der Waals surface area contributed by atoms with E-state index in [1.807, 2.05) is 0 Å². The summed E-state index contributed by atoms with van der Waals surface area (Å²) in [6, 6.07) is 26.2. The van der Waals surface area contributed by atoms with Gasteiger partial charge in [-0.1, -0.05) is 12.1 Å². The Morgan fingerprint density at radius 3 is 1.88 bits per heavy atom. The molecule has 120 valence electrons. The number of hydrogen-bond acceptors (Lipinski definition) is 0. The summed E-state index contributed by atoms with van der Waals surface area (Å²) < 4.78 is 4.38. The Morgan fingerprint density at radius 1 is 0.462 bits per heavy atom. The van der Waals surface area contributed by atoms with Gasteiger partial charge in [-0.15, -0.1) is 0 Å². The fourth-order valence-electron chi connectivity index (χ4n) is 3.98. The molecule has 0 atom stereocenters. The highest BCUT2D eigenvalue weighted by Crippen LogP contribution is 2.29. The van der Waals surface area contributed by atoms with Crippen molar-refractivity contribution in [2.75, 3.05) is 0 Å². The first-order valence-electron chi connectivity index (χ1n) is 8.85. The summed E-state index contributed by atoms with van der Waals surface area (Å²) in [5.74, 6) is 0. The summed E-state index contributed by atoms with van der Waals surface area (Å²) in [7, 11) is 0. The second-order valence-corrected chi connectivity index (χ2v) is 6.88. The Bertz CT molecular complexity index is 1470. The Hall–Kier alpha value is -3.52. The van der Waals surface area contributed by atoms with E-state index in [-0.39, 0.29) is 0 Å². The topological polar surface area (TPSA) is 8.20 Å². The third-order valence-electron chi connectivity index (χ3n) is 5.30. The number of nitrogens with zero attached hydrogens (tertiary/aromatic N) is 2. The molecule has 2 heteroatoms. The van der Waals surface area contributed by atoms with Gasteiger partial charge in [0.15, 0.2) is 24.8 Å². The van der Waals surface area contributed by atoms with Crippen LogP contribution in [0.2, 0.25) is 0 Å². The second-order valence-electron chi connectivity index (χ2n) is 6.88. The van der Waals surface area contributed by atoms with Crippen LogP contribution in [0, 0.1) is 0 Å². The van der Waals surface area contributed by atoms with Gasteiger partial charge < -0.3 is 0 Å². The standard InChI is InChI=1S/C24H16N2/c1-3-9-25-15-20-14-23-17(11-19(20)13-22(25)6-1)7-8-18-12-21-5-2-4-10-26(21)16-24(18)23/h1-16H/q+2. The maximum atomic E-state index is 2.32. The zero-order chi connectivity index (χ0) is 17.1. The van der Waals surface area contributed by atoms with Crippen molar-refractivity contribution >= 4 is 43.4 Å². The molecule has 0 radical (unpaired) electrons. The van der Waals surface area contributed by atoms with E-state index in [0.717, 1.165) is 0 Å². The molecule has 6 rings (SSSR count). The molecule has 4 aromatic heterocycles. The highest BCUT2D eigenvalue weighted by molar-refractivity contribution is 6.12. The van der Waals surface area contributed by atoms with Crippen molar-refractivity contribution in [3.63, 3.8) is 0 Å². The lowest BCUT2D eigenvalue weighted by atomic mass is 9.99. The minimum atomic E-state index is 1.21. The van der Waals surface area contributed by atoms with Crippen LogP contribution < -0.4 is 8.80 Å². The van der Waals surface area contributed by atoms with Gasteiger partial charge in [-0.2, -0.15) is 8.80 Å². The molecular weight excluding hydrogens is 316 g/mol. The van der Waals surface area contributed by atoms with Crippen molar-refractivity contribution < 1.29 is 8.80 Å². The molecule has 0 aliphatic carbocycles. The second kappa shape index (κ2) is 4.99. The molecule has 0 N–H and O–H groups in total. The Balaban J connectivity index is 1.78. The van der Waals surface area contributed by atoms with Crippen LogP contribution in [0.4, 0.5) is 0 Å². The molecule has 0 saturated carbocycles. The molecule has 0 fully saturated rings. The van der Waals surface area contributed by atoms with E-state index in [1.165, 1.54) is 43.4 Å². The molecule has 0 spiro atoms. The highest BCUT2D eigenvalue weighted by Gasteiger charge is 2.11. The van der Waals surface area contributed by atoms with Crippen molar-refractivity contribution in [2.24, 2.45) is 0 Å². The van der Waals surface area contributed by atoms with Gasteiger partial charge in [0.05, 0.1) is 5.39 Å². The van der Waals surface area contributed by atoms with Gasteiger partial charge in [-0.3, -0.25) is 0 Å². The predicted octanol–water partition coefficient (Wildman–Crippen LogP) is 4.62. The van der Waals surface area contributed by atoms with Gasteiger partial charge in [0.25, 0.3) is 0 Å². The van der Waals surface area contributed by atoms with Gasteiger partial charge in [-0.05, 0) is 45.8 Å². The van der Waals surface area contributed by atoms with Gasteiger partial charge in [-0.25, -0.2) is 0 Å². The Kier molecular flexibility index (Phi) is 2.64. The normalized spacial score (nSPS) is 11.8. The van der Waals surface area contributed by atoms with Gasteiger partial charge in [0.2, 0.25) is 11.0 Å². The van der Waals surface area contributed by atoms with E-state index < -0.39 is 0 Å². The van der Waals surface area contributed by atoms with Crippen LogP contribution in [0.25, 0.3) is 43.4 Å². The van der Waals surface area contributed by atoms with E-state index in [9.17, 15) is 0 Å². The lowest BCUT2D eigenvalue weighted by molar-refractivity contribution is -0.510. The van der Waals surface area contributed by atoms with Gasteiger partial charge in [0.1, 0.15) is 0 Å². The number of aromatic nitrogens is 2. The molecule has 0 unspecified atom stereocenters. The highest BCUT2D eigenvalue weighted by atomic mass is 14.8. The van der Waals surface area contributed by atoms with Crippen molar-refractivity contribution in [3.05, 3.63) is 97.6 Å². The summed E-state index contributed by atoms with van der Waals surface area (Å²) in [5, 5.41) is 7.66. The first-order chi connectivity index (χ1) is 12.8. The Labute approximate surface area is 150 Å². The minimum absolute atomic E-state index is 1.21. The van der Waals surface area contributed by atoms with Crippen LogP contribution >= 0.6 is 0 Å². The van der Waals surface area contributed by atoms with Crippen LogP contribution in [-0.2, 0) is 0 Å². The zero-order valence-corrected chi connectivity index (χ0v) is 14.1. The maximum Gasteiger partial charge on any atom is 0.211 e. The van der Waals surface area contributed by atoms with E-state index in [4.69, 9.17) is 0 Å². The van der Waals surface area contributed by atoms with Crippen molar-refractivity contribution in [3.8, 4) is 0 Å². The van der Waals surface area contributed by atoms with E-state index in [2.05, 4.69) is 106 Å². The van der Waals surface area contributed by atoms with Gasteiger partial charge >= 0.3 is 0 Å². The molecular formula is C24H16N2+2. The van der Waals surface area contributed by atoms with Crippen molar-refractivity contribution in [2.45, 2.75) is 0 Å². The molecule has 6 aromatic rings. The lowest BCUT2D eigenvalue weighted by Crippen LogP contribution is -2.20. The van der Waals surface area contributed by atoms with E-state index in [1.54, 1.807) is 0 Å². The SMILES string of the molecule is c1cc[n+]2cc3cc4c(ccc5cc6cccc[n+]6cc54)cc3cc2c1. The molecule has 4 heterocycles. The van der Waals surface area contributed by atoms with E-state index in [0.29, 0.717) is 0 Å². The molecule has 0 bridgehead atoms. The molecule has 2 nitrogen and oxygen atoms in total. The summed E-state index contributed by atoms with van der Waals surface area (Å²) in [6.07, 6.45) is 8.67. The fourth-order valence-corrected chi connectivity index (χ4v) is 3.98. The molecule has 2 aromatic carbocycles. The third kappa shape index (κ3) is 1.93. The lowest BCUT2D eigenvalue weighted by Gasteiger charge is -2.05. The summed E-state index contributed by atoms with van der Waals surface area (Å²) >= 11 is 0. The zero-order valence-electron chi connectivity index (χ0n) is 14.1. The monoisotopic (exact) mass is 332 g/mol. The molecule has 26 heavy (non-hydrogen) atoms. The Morgan fingerprint density at radius 2 is 1.12 bits per heavy atom. The quantitative estimate of drug-likeness (QED) is 0.218. The number of hydrogen-bond donors (Lipinski definition) is 0. The minimum Gasteiger partial charge on any atom is -0.167 e. The summed E-state index contributed by atoms with van der Waals surface area (Å²) in [6.45, 7) is 0. The number of benzene rings is 2. The molecule has 0 aliphatic heterocycles.